The normalized spacial score (nSPS) is 22.5. The molecule has 2 fully saturated rings. The van der Waals surface area contributed by atoms with Crippen LogP contribution in [-0.2, 0) is 9.59 Å². The van der Waals surface area contributed by atoms with Gasteiger partial charge in [0.05, 0.1) is 0 Å². The van der Waals surface area contributed by atoms with Crippen molar-refractivity contribution in [2.75, 3.05) is 13.1 Å². The second-order valence-electron chi connectivity index (χ2n) is 6.06. The molecule has 1 aliphatic heterocycles. The Hall–Kier alpha value is -1.10. The molecule has 0 aromatic heterocycles. The van der Waals surface area contributed by atoms with Gasteiger partial charge < -0.3 is 16.4 Å². The fourth-order valence-electron chi connectivity index (χ4n) is 3.15. The lowest BCUT2D eigenvalue weighted by Crippen LogP contribution is -2.55. The summed E-state index contributed by atoms with van der Waals surface area (Å²) in [5.41, 5.74) is 4.94. The van der Waals surface area contributed by atoms with Crippen molar-refractivity contribution in [2.45, 2.75) is 56.9 Å². The Morgan fingerprint density at radius 2 is 1.95 bits per heavy atom. The van der Waals surface area contributed by atoms with Gasteiger partial charge in [-0.2, -0.15) is 0 Å². The molecule has 2 amide bonds. The zero-order chi connectivity index (χ0) is 13.7. The Balaban J connectivity index is 1.72. The highest BCUT2D eigenvalue weighted by atomic mass is 16.2. The van der Waals surface area contributed by atoms with Crippen LogP contribution in [0, 0.1) is 5.92 Å². The van der Waals surface area contributed by atoms with E-state index in [9.17, 15) is 9.59 Å². The first kappa shape index (κ1) is 14.3. The average molecular weight is 267 g/mol. The molecule has 4 N–H and O–H groups in total. The van der Waals surface area contributed by atoms with Gasteiger partial charge in [0, 0.05) is 18.4 Å². The molecule has 0 radical (unpaired) electrons. The monoisotopic (exact) mass is 267 g/mol. The first-order valence-corrected chi connectivity index (χ1v) is 7.40. The van der Waals surface area contributed by atoms with E-state index in [1.54, 1.807) is 0 Å². The highest BCUT2D eigenvalue weighted by Crippen LogP contribution is 2.35. The van der Waals surface area contributed by atoms with Gasteiger partial charge in [-0.25, -0.2) is 0 Å². The Morgan fingerprint density at radius 1 is 1.26 bits per heavy atom. The van der Waals surface area contributed by atoms with Crippen molar-refractivity contribution in [3.8, 4) is 0 Å². The molecule has 0 unspecified atom stereocenters. The smallest absolute Gasteiger partial charge is 0.220 e. The van der Waals surface area contributed by atoms with Crippen LogP contribution in [0.3, 0.4) is 0 Å². The van der Waals surface area contributed by atoms with E-state index in [4.69, 9.17) is 5.73 Å². The van der Waals surface area contributed by atoms with Crippen LogP contribution in [0.5, 0.6) is 0 Å². The van der Waals surface area contributed by atoms with Crippen molar-refractivity contribution >= 4 is 11.8 Å². The number of nitrogens with one attached hydrogen (secondary N) is 2. The van der Waals surface area contributed by atoms with E-state index in [0.29, 0.717) is 12.3 Å². The largest absolute Gasteiger partial charge is 0.370 e. The molecule has 1 aliphatic carbocycles. The topological polar surface area (TPSA) is 84.2 Å². The summed E-state index contributed by atoms with van der Waals surface area (Å²) in [4.78, 5) is 23.1. The molecular formula is C14H25N3O2. The molecule has 1 heterocycles. The standard InChI is InChI=1S/C14H25N3O2/c15-12(18)10-14(6-1-7-14)17-13(19)3-2-11-4-8-16-9-5-11/h11,16H,1-10H2,(H2,15,18)(H,17,19). The van der Waals surface area contributed by atoms with Gasteiger partial charge in [0.25, 0.3) is 0 Å². The van der Waals surface area contributed by atoms with Gasteiger partial charge in [0.1, 0.15) is 0 Å². The van der Waals surface area contributed by atoms with Crippen molar-refractivity contribution in [1.29, 1.82) is 0 Å². The van der Waals surface area contributed by atoms with Crippen LogP contribution in [0.4, 0.5) is 0 Å². The van der Waals surface area contributed by atoms with Crippen LogP contribution in [0.15, 0.2) is 0 Å². The summed E-state index contributed by atoms with van der Waals surface area (Å²) in [6, 6.07) is 0. The van der Waals surface area contributed by atoms with Crippen molar-refractivity contribution in [2.24, 2.45) is 11.7 Å². The van der Waals surface area contributed by atoms with Crippen molar-refractivity contribution in [3.63, 3.8) is 0 Å². The van der Waals surface area contributed by atoms with E-state index >= 15 is 0 Å². The molecule has 2 rings (SSSR count). The molecule has 1 saturated heterocycles. The molecule has 19 heavy (non-hydrogen) atoms. The van der Waals surface area contributed by atoms with Gasteiger partial charge in [0.15, 0.2) is 0 Å². The summed E-state index contributed by atoms with van der Waals surface area (Å²) >= 11 is 0. The number of carbonyl (C=O) groups excluding carboxylic acids is 2. The molecule has 0 bridgehead atoms. The van der Waals surface area contributed by atoms with Crippen LogP contribution >= 0.6 is 0 Å². The Morgan fingerprint density at radius 3 is 2.47 bits per heavy atom. The number of rotatable bonds is 6. The number of nitrogens with two attached hydrogens (primary N) is 1. The highest BCUT2D eigenvalue weighted by molar-refractivity contribution is 5.80. The minimum absolute atomic E-state index is 0.0829. The Kier molecular flexibility index (Phi) is 4.80. The molecule has 1 saturated carbocycles. The second-order valence-corrected chi connectivity index (χ2v) is 6.06. The number of hydrogen-bond donors (Lipinski definition) is 3. The van der Waals surface area contributed by atoms with E-state index in [2.05, 4.69) is 10.6 Å². The van der Waals surface area contributed by atoms with Gasteiger partial charge in [0.2, 0.25) is 11.8 Å². The summed E-state index contributed by atoms with van der Waals surface area (Å²) in [7, 11) is 0. The number of carbonyl (C=O) groups is 2. The summed E-state index contributed by atoms with van der Waals surface area (Å²) in [6.45, 7) is 2.13. The van der Waals surface area contributed by atoms with Crippen LogP contribution in [0.2, 0.25) is 0 Å². The van der Waals surface area contributed by atoms with Gasteiger partial charge in [-0.3, -0.25) is 9.59 Å². The SMILES string of the molecule is NC(=O)CC1(NC(=O)CCC2CCNCC2)CCC1. The molecule has 0 spiro atoms. The quantitative estimate of drug-likeness (QED) is 0.661. The number of piperidine rings is 1. The van der Waals surface area contributed by atoms with Crippen LogP contribution in [0.1, 0.15) is 51.4 Å². The number of amides is 2. The molecule has 0 atom stereocenters. The summed E-state index contributed by atoms with van der Waals surface area (Å²) in [5, 5.41) is 6.37. The molecule has 108 valence electrons. The third-order valence-corrected chi connectivity index (χ3v) is 4.47. The number of hydrogen-bond acceptors (Lipinski definition) is 3. The van der Waals surface area contributed by atoms with Gasteiger partial charge in [-0.05, 0) is 57.5 Å². The molecule has 2 aliphatic rings. The highest BCUT2D eigenvalue weighted by Gasteiger charge is 2.39. The maximum absolute atomic E-state index is 12.0. The summed E-state index contributed by atoms with van der Waals surface area (Å²) in [5.74, 6) is 0.429. The molecular weight excluding hydrogens is 242 g/mol. The lowest BCUT2D eigenvalue weighted by Gasteiger charge is -2.42. The first-order valence-electron chi connectivity index (χ1n) is 7.40. The van der Waals surface area contributed by atoms with Crippen molar-refractivity contribution in [3.05, 3.63) is 0 Å². The van der Waals surface area contributed by atoms with Gasteiger partial charge in [-0.1, -0.05) is 0 Å². The minimum Gasteiger partial charge on any atom is -0.370 e. The fraction of sp³-hybridized carbons (Fsp3) is 0.857. The van der Waals surface area contributed by atoms with Crippen LogP contribution in [-0.4, -0.2) is 30.4 Å². The first-order chi connectivity index (χ1) is 9.10. The maximum Gasteiger partial charge on any atom is 0.220 e. The predicted molar refractivity (Wildman–Crippen MR) is 73.4 cm³/mol. The third-order valence-electron chi connectivity index (χ3n) is 4.47. The van der Waals surface area contributed by atoms with E-state index in [1.165, 1.54) is 12.8 Å². The third kappa shape index (κ3) is 4.20. The van der Waals surface area contributed by atoms with E-state index in [0.717, 1.165) is 38.8 Å². The van der Waals surface area contributed by atoms with Crippen molar-refractivity contribution < 1.29 is 9.59 Å². The predicted octanol–water partition coefficient (Wildman–Crippen LogP) is 0.680. The zero-order valence-corrected chi connectivity index (χ0v) is 11.5. The minimum atomic E-state index is -0.322. The fourth-order valence-corrected chi connectivity index (χ4v) is 3.15. The molecule has 0 aromatic carbocycles. The van der Waals surface area contributed by atoms with Crippen LogP contribution in [0.25, 0.3) is 0 Å². The lowest BCUT2D eigenvalue weighted by molar-refractivity contribution is -0.126. The Labute approximate surface area is 114 Å². The second kappa shape index (κ2) is 6.37. The van der Waals surface area contributed by atoms with E-state index < -0.39 is 0 Å². The average Bonchev–Trinajstić information content (AvgIpc) is 2.34. The van der Waals surface area contributed by atoms with Crippen LogP contribution < -0.4 is 16.4 Å². The maximum atomic E-state index is 12.0. The summed E-state index contributed by atoms with van der Waals surface area (Å²) in [6.07, 6.45) is 6.99. The van der Waals surface area contributed by atoms with E-state index in [1.807, 2.05) is 0 Å². The zero-order valence-electron chi connectivity index (χ0n) is 11.5. The summed E-state index contributed by atoms with van der Waals surface area (Å²) < 4.78 is 0. The van der Waals surface area contributed by atoms with E-state index in [-0.39, 0.29) is 23.8 Å². The van der Waals surface area contributed by atoms with Gasteiger partial charge >= 0.3 is 0 Å². The molecule has 5 nitrogen and oxygen atoms in total. The lowest BCUT2D eigenvalue weighted by atomic mass is 9.74. The van der Waals surface area contributed by atoms with Gasteiger partial charge in [-0.15, -0.1) is 0 Å². The Bertz CT molecular complexity index is 334. The molecule has 0 aromatic rings. The number of primary amides is 1. The van der Waals surface area contributed by atoms with Crippen molar-refractivity contribution in [1.82, 2.24) is 10.6 Å². The molecule has 5 heteroatoms.